The van der Waals surface area contributed by atoms with Crippen molar-refractivity contribution in [3.63, 3.8) is 0 Å². The molecule has 0 radical (unpaired) electrons. The second-order valence-corrected chi connectivity index (χ2v) is 16.9. The number of nitrogens with zero attached hydrogens (tertiary/aromatic N) is 1. The summed E-state index contributed by atoms with van der Waals surface area (Å²) < 4.78 is 2.44. The molecule has 304 valence electrons. The minimum Gasteiger partial charge on any atom is -0.309 e. The number of aromatic nitrogens is 1. The van der Waals surface area contributed by atoms with E-state index in [4.69, 9.17) is 0 Å². The van der Waals surface area contributed by atoms with E-state index in [2.05, 4.69) is 265 Å². The number of benzene rings is 11. The minimum absolute atomic E-state index is 1.13. The Balaban J connectivity index is 1.05. The average Bonchev–Trinajstić information content (AvgIpc) is 3.72. The van der Waals surface area contributed by atoms with Gasteiger partial charge in [0, 0.05) is 16.5 Å². The van der Waals surface area contributed by atoms with E-state index in [-0.39, 0.29) is 0 Å². The van der Waals surface area contributed by atoms with Gasteiger partial charge in [-0.1, -0.05) is 206 Å². The molecule has 0 amide bonds. The molecule has 0 unspecified atom stereocenters. The molecule has 0 atom stereocenters. The molecular weight excluding hydrogens is 783 g/mol. The molecule has 0 saturated heterocycles. The number of fused-ring (bicyclic) bond motifs is 4. The molecule has 1 nitrogen and oxygen atoms in total. The lowest BCUT2D eigenvalue weighted by atomic mass is 9.90. The van der Waals surface area contributed by atoms with E-state index in [0.29, 0.717) is 0 Å². The maximum atomic E-state index is 2.44. The first-order valence-electron chi connectivity index (χ1n) is 22.4. The highest BCUT2D eigenvalue weighted by molar-refractivity contribution is 6.12. The quantitative estimate of drug-likeness (QED) is 0.144. The first-order valence-corrected chi connectivity index (χ1v) is 22.4. The van der Waals surface area contributed by atoms with Gasteiger partial charge in [-0.15, -0.1) is 0 Å². The fourth-order valence-corrected chi connectivity index (χ4v) is 9.73. The molecule has 11 aromatic carbocycles. The molecule has 0 saturated carbocycles. The van der Waals surface area contributed by atoms with Crippen molar-refractivity contribution in [2.24, 2.45) is 0 Å². The van der Waals surface area contributed by atoms with Crippen LogP contribution in [0.2, 0.25) is 0 Å². The SMILES string of the molecule is c1ccc(-c2ccc(-c3ccc4c(c3)c3cc(-c5ccc(-c6ccccc6)cc5-c5ccccc5)ccc3n4-c3ccc(-c4ccc5ccccc5c4)cc3)c(-c3ccccc3)c2)cc1. The highest BCUT2D eigenvalue weighted by Gasteiger charge is 2.18. The van der Waals surface area contributed by atoms with Gasteiger partial charge in [0.05, 0.1) is 11.0 Å². The van der Waals surface area contributed by atoms with Crippen molar-refractivity contribution in [2.45, 2.75) is 0 Å². The highest BCUT2D eigenvalue weighted by atomic mass is 15.0. The first kappa shape index (κ1) is 38.2. The molecule has 65 heavy (non-hydrogen) atoms. The van der Waals surface area contributed by atoms with Crippen LogP contribution in [0.25, 0.3) is 116 Å². The van der Waals surface area contributed by atoms with Crippen molar-refractivity contribution in [1.82, 2.24) is 4.57 Å². The Morgan fingerprint density at radius 3 is 1.06 bits per heavy atom. The van der Waals surface area contributed by atoms with E-state index in [1.165, 1.54) is 110 Å². The molecule has 0 N–H and O–H groups in total. The van der Waals surface area contributed by atoms with E-state index >= 15 is 0 Å². The Morgan fingerprint density at radius 2 is 0.569 bits per heavy atom. The predicted octanol–water partition coefficient (Wildman–Crippen LogP) is 17.6. The van der Waals surface area contributed by atoms with E-state index in [1.807, 2.05) is 0 Å². The van der Waals surface area contributed by atoms with Gasteiger partial charge < -0.3 is 4.57 Å². The van der Waals surface area contributed by atoms with Crippen molar-refractivity contribution in [1.29, 1.82) is 0 Å². The molecule has 0 aliphatic heterocycles. The topological polar surface area (TPSA) is 4.93 Å². The van der Waals surface area contributed by atoms with Crippen molar-refractivity contribution in [3.8, 4) is 83.6 Å². The molecule has 0 aliphatic rings. The van der Waals surface area contributed by atoms with Crippen LogP contribution in [0.5, 0.6) is 0 Å². The van der Waals surface area contributed by atoms with Gasteiger partial charge in [0.15, 0.2) is 0 Å². The predicted molar refractivity (Wildman–Crippen MR) is 276 cm³/mol. The molecule has 1 heteroatoms. The molecule has 1 heterocycles. The highest BCUT2D eigenvalue weighted by Crippen LogP contribution is 2.43. The van der Waals surface area contributed by atoms with Gasteiger partial charge in [0.25, 0.3) is 0 Å². The average molecular weight is 826 g/mol. The van der Waals surface area contributed by atoms with Crippen LogP contribution < -0.4 is 0 Å². The van der Waals surface area contributed by atoms with E-state index in [0.717, 1.165) is 5.69 Å². The largest absolute Gasteiger partial charge is 0.309 e. The third kappa shape index (κ3) is 7.10. The Labute approximate surface area is 379 Å². The summed E-state index contributed by atoms with van der Waals surface area (Å²) >= 11 is 0. The Morgan fingerprint density at radius 1 is 0.200 bits per heavy atom. The smallest absolute Gasteiger partial charge is 0.0541 e. The van der Waals surface area contributed by atoms with Gasteiger partial charge in [-0.2, -0.15) is 0 Å². The van der Waals surface area contributed by atoms with Crippen LogP contribution in [0.15, 0.2) is 261 Å². The fraction of sp³-hybridized carbons (Fsp3) is 0. The second-order valence-electron chi connectivity index (χ2n) is 16.9. The summed E-state index contributed by atoms with van der Waals surface area (Å²) in [6.45, 7) is 0. The maximum absolute atomic E-state index is 2.44. The molecule has 0 aliphatic carbocycles. The van der Waals surface area contributed by atoms with Gasteiger partial charge in [-0.25, -0.2) is 0 Å². The number of rotatable bonds is 8. The fourth-order valence-electron chi connectivity index (χ4n) is 9.73. The van der Waals surface area contributed by atoms with Crippen LogP contribution in [0, 0.1) is 0 Å². The number of hydrogen-bond donors (Lipinski definition) is 0. The van der Waals surface area contributed by atoms with Crippen molar-refractivity contribution in [3.05, 3.63) is 261 Å². The Kier molecular flexibility index (Phi) is 9.58. The van der Waals surface area contributed by atoms with Gasteiger partial charge >= 0.3 is 0 Å². The van der Waals surface area contributed by atoms with Crippen LogP contribution in [0.3, 0.4) is 0 Å². The van der Waals surface area contributed by atoms with Crippen molar-refractivity contribution >= 4 is 32.6 Å². The van der Waals surface area contributed by atoms with E-state index in [9.17, 15) is 0 Å². The molecule has 12 aromatic rings. The maximum Gasteiger partial charge on any atom is 0.0541 e. The zero-order valence-electron chi connectivity index (χ0n) is 35.8. The van der Waals surface area contributed by atoms with Gasteiger partial charge in [0.1, 0.15) is 0 Å². The molecule has 12 rings (SSSR count). The third-order valence-corrected chi connectivity index (χ3v) is 13.0. The number of hydrogen-bond acceptors (Lipinski definition) is 0. The van der Waals surface area contributed by atoms with E-state index < -0.39 is 0 Å². The van der Waals surface area contributed by atoms with Crippen LogP contribution in [-0.2, 0) is 0 Å². The minimum atomic E-state index is 1.13. The van der Waals surface area contributed by atoms with Crippen LogP contribution in [0.4, 0.5) is 0 Å². The Hall–Kier alpha value is -8.52. The summed E-state index contributed by atoms with van der Waals surface area (Å²) in [4.78, 5) is 0. The normalized spacial score (nSPS) is 11.4. The lowest BCUT2D eigenvalue weighted by Crippen LogP contribution is -1.94. The van der Waals surface area contributed by atoms with Crippen LogP contribution in [0.1, 0.15) is 0 Å². The Bertz CT molecular complexity index is 3480. The summed E-state index contributed by atoms with van der Waals surface area (Å²) in [6.07, 6.45) is 0. The lowest BCUT2D eigenvalue weighted by molar-refractivity contribution is 1.18. The summed E-state index contributed by atoms with van der Waals surface area (Å²) in [5.41, 5.74) is 20.3. The van der Waals surface area contributed by atoms with Gasteiger partial charge in [-0.05, 0) is 143 Å². The van der Waals surface area contributed by atoms with Gasteiger partial charge in [0.2, 0.25) is 0 Å². The van der Waals surface area contributed by atoms with Crippen molar-refractivity contribution < 1.29 is 0 Å². The zero-order valence-corrected chi connectivity index (χ0v) is 35.8. The summed E-state index contributed by atoms with van der Waals surface area (Å²) in [6, 6.07) is 95.3. The molecule has 0 bridgehead atoms. The summed E-state index contributed by atoms with van der Waals surface area (Å²) in [5.74, 6) is 0. The first-order chi connectivity index (χ1) is 32.2. The van der Waals surface area contributed by atoms with Gasteiger partial charge in [-0.3, -0.25) is 0 Å². The van der Waals surface area contributed by atoms with E-state index in [1.54, 1.807) is 0 Å². The summed E-state index contributed by atoms with van der Waals surface area (Å²) in [5, 5.41) is 4.93. The second kappa shape index (κ2) is 16.3. The summed E-state index contributed by atoms with van der Waals surface area (Å²) in [7, 11) is 0. The molecule has 0 spiro atoms. The monoisotopic (exact) mass is 825 g/mol. The molecule has 1 aromatic heterocycles. The molecular formula is C64H43N. The third-order valence-electron chi connectivity index (χ3n) is 13.0. The molecule has 0 fully saturated rings. The lowest BCUT2D eigenvalue weighted by Gasteiger charge is -2.14. The zero-order chi connectivity index (χ0) is 43.1. The van der Waals surface area contributed by atoms with Crippen molar-refractivity contribution in [2.75, 3.05) is 0 Å². The van der Waals surface area contributed by atoms with Crippen LogP contribution >= 0.6 is 0 Å². The van der Waals surface area contributed by atoms with Crippen LogP contribution in [-0.4, -0.2) is 4.57 Å². The standard InChI is InChI=1S/C64H43N/c1-5-15-44(16-6-1)52-29-35-57(59(40-52)48-20-9-3-10-21-48)54-31-37-63-61(42-54)62-43-55(58-36-30-53(45-17-7-2-8-18-45)41-60(58)49-22-11-4-12-23-49)32-38-64(62)65(63)56-33-27-47(28-34-56)51-26-25-46-19-13-14-24-50(46)39-51/h1-43H.